The smallest absolute Gasteiger partial charge is 0.113 e. The number of nitriles is 1. The molecular weight excluding hydrogens is 266 g/mol. The Bertz CT molecular complexity index is 605. The summed E-state index contributed by atoms with van der Waals surface area (Å²) in [6.07, 6.45) is 0.867. The van der Waals surface area contributed by atoms with E-state index in [-0.39, 0.29) is 0 Å². The lowest BCUT2D eigenvalue weighted by Gasteiger charge is -2.10. The number of nitrogens with one attached hydrogen (secondary N) is 1. The summed E-state index contributed by atoms with van der Waals surface area (Å²) < 4.78 is 0. The van der Waals surface area contributed by atoms with Gasteiger partial charge in [0.05, 0.1) is 11.8 Å². The molecule has 0 spiro atoms. The van der Waals surface area contributed by atoms with Crippen LogP contribution in [0.1, 0.15) is 30.1 Å². The molecule has 1 aromatic carbocycles. The predicted octanol–water partition coefficient (Wildman–Crippen LogP) is 3.91. The molecule has 2 aromatic rings. The summed E-state index contributed by atoms with van der Waals surface area (Å²) in [5.74, 6) is 0. The Morgan fingerprint density at radius 1 is 1.30 bits per heavy atom. The van der Waals surface area contributed by atoms with Gasteiger partial charge in [0.25, 0.3) is 0 Å². The standard InChI is InChI=1S/C16H19N3S/c1-12-4-6-13(7-5-12)18-9-8-14-10-20-15(19-14)16(2,3)11-17/h4-7,10,18H,8-9H2,1-3H3. The van der Waals surface area contributed by atoms with Crippen LogP contribution in [-0.4, -0.2) is 11.5 Å². The van der Waals surface area contributed by atoms with Crippen molar-refractivity contribution in [2.24, 2.45) is 0 Å². The van der Waals surface area contributed by atoms with Gasteiger partial charge in [-0.05, 0) is 32.9 Å². The van der Waals surface area contributed by atoms with Crippen LogP contribution in [0.5, 0.6) is 0 Å². The first kappa shape index (κ1) is 14.5. The molecule has 1 heterocycles. The number of aryl methyl sites for hydroxylation is 1. The van der Waals surface area contributed by atoms with Crippen molar-refractivity contribution >= 4 is 17.0 Å². The lowest BCUT2D eigenvalue weighted by Crippen LogP contribution is -2.13. The van der Waals surface area contributed by atoms with Crippen LogP contribution in [0.3, 0.4) is 0 Å². The normalized spacial score (nSPS) is 11.1. The number of nitrogens with zero attached hydrogens (tertiary/aromatic N) is 2. The highest BCUT2D eigenvalue weighted by atomic mass is 32.1. The maximum atomic E-state index is 9.11. The maximum absolute atomic E-state index is 9.11. The second kappa shape index (κ2) is 6.06. The summed E-state index contributed by atoms with van der Waals surface area (Å²) >= 11 is 1.57. The van der Waals surface area contributed by atoms with Gasteiger partial charge in [0, 0.05) is 24.0 Å². The molecule has 2 rings (SSSR count). The average Bonchev–Trinajstić information content (AvgIpc) is 2.91. The van der Waals surface area contributed by atoms with Crippen molar-refractivity contribution in [1.29, 1.82) is 5.26 Å². The average molecular weight is 285 g/mol. The van der Waals surface area contributed by atoms with E-state index in [9.17, 15) is 0 Å². The molecule has 0 aliphatic carbocycles. The van der Waals surface area contributed by atoms with E-state index < -0.39 is 5.41 Å². The number of benzene rings is 1. The van der Waals surface area contributed by atoms with Gasteiger partial charge in [0.15, 0.2) is 0 Å². The van der Waals surface area contributed by atoms with E-state index >= 15 is 0 Å². The molecule has 20 heavy (non-hydrogen) atoms. The third-order valence-corrected chi connectivity index (χ3v) is 4.34. The maximum Gasteiger partial charge on any atom is 0.113 e. The topological polar surface area (TPSA) is 48.7 Å². The van der Waals surface area contributed by atoms with Crippen LogP contribution >= 0.6 is 11.3 Å². The minimum absolute atomic E-state index is 0.493. The summed E-state index contributed by atoms with van der Waals surface area (Å²) in [4.78, 5) is 4.55. The fraction of sp³-hybridized carbons (Fsp3) is 0.375. The van der Waals surface area contributed by atoms with Gasteiger partial charge < -0.3 is 5.32 Å². The molecule has 0 atom stereocenters. The van der Waals surface area contributed by atoms with Crippen LogP contribution in [0.25, 0.3) is 0 Å². The van der Waals surface area contributed by atoms with Gasteiger partial charge in [0.1, 0.15) is 10.4 Å². The van der Waals surface area contributed by atoms with Crippen LogP contribution in [0.2, 0.25) is 0 Å². The molecule has 0 unspecified atom stereocenters. The molecule has 0 radical (unpaired) electrons. The molecule has 0 saturated heterocycles. The van der Waals surface area contributed by atoms with Gasteiger partial charge in [-0.1, -0.05) is 17.7 Å². The largest absolute Gasteiger partial charge is 0.385 e. The number of hydrogen-bond acceptors (Lipinski definition) is 4. The van der Waals surface area contributed by atoms with E-state index in [2.05, 4.69) is 47.6 Å². The number of rotatable bonds is 5. The molecule has 0 saturated carbocycles. The van der Waals surface area contributed by atoms with Gasteiger partial charge in [-0.15, -0.1) is 11.3 Å². The molecule has 0 aliphatic rings. The Balaban J connectivity index is 1.89. The van der Waals surface area contributed by atoms with Crippen LogP contribution < -0.4 is 5.32 Å². The molecule has 0 amide bonds. The van der Waals surface area contributed by atoms with Crippen molar-refractivity contribution in [2.75, 3.05) is 11.9 Å². The molecule has 3 nitrogen and oxygen atoms in total. The Morgan fingerprint density at radius 2 is 2.00 bits per heavy atom. The Morgan fingerprint density at radius 3 is 2.65 bits per heavy atom. The molecule has 0 aliphatic heterocycles. The fourth-order valence-corrected chi connectivity index (χ4v) is 2.69. The third-order valence-electron chi connectivity index (χ3n) is 3.13. The second-order valence-electron chi connectivity index (χ2n) is 5.42. The van der Waals surface area contributed by atoms with Crippen molar-refractivity contribution in [3.63, 3.8) is 0 Å². The molecule has 1 N–H and O–H groups in total. The first-order chi connectivity index (χ1) is 9.51. The highest BCUT2D eigenvalue weighted by Crippen LogP contribution is 2.25. The SMILES string of the molecule is Cc1ccc(NCCc2csc(C(C)(C)C#N)n2)cc1. The summed E-state index contributed by atoms with van der Waals surface area (Å²) in [6.45, 7) is 6.73. The highest BCUT2D eigenvalue weighted by molar-refractivity contribution is 7.09. The molecule has 1 aromatic heterocycles. The van der Waals surface area contributed by atoms with Crippen molar-refractivity contribution < 1.29 is 0 Å². The van der Waals surface area contributed by atoms with E-state index in [1.54, 1.807) is 11.3 Å². The van der Waals surface area contributed by atoms with Crippen molar-refractivity contribution in [1.82, 2.24) is 4.98 Å². The molecule has 4 heteroatoms. The van der Waals surface area contributed by atoms with Gasteiger partial charge >= 0.3 is 0 Å². The van der Waals surface area contributed by atoms with Crippen molar-refractivity contribution in [2.45, 2.75) is 32.6 Å². The summed E-state index contributed by atoms with van der Waals surface area (Å²) in [6, 6.07) is 10.7. The lowest BCUT2D eigenvalue weighted by molar-refractivity contribution is 0.675. The van der Waals surface area contributed by atoms with Gasteiger partial charge in [-0.2, -0.15) is 5.26 Å². The Labute approximate surface area is 124 Å². The van der Waals surface area contributed by atoms with Gasteiger partial charge in [-0.25, -0.2) is 4.98 Å². The molecular formula is C16H19N3S. The highest BCUT2D eigenvalue weighted by Gasteiger charge is 2.23. The second-order valence-corrected chi connectivity index (χ2v) is 6.28. The monoisotopic (exact) mass is 285 g/mol. The summed E-state index contributed by atoms with van der Waals surface area (Å²) in [5, 5.41) is 15.4. The first-order valence-corrected chi connectivity index (χ1v) is 7.56. The summed E-state index contributed by atoms with van der Waals surface area (Å²) in [7, 11) is 0. The van der Waals surface area contributed by atoms with Crippen LogP contribution in [0.15, 0.2) is 29.6 Å². The van der Waals surface area contributed by atoms with Crippen molar-refractivity contribution in [3.05, 3.63) is 45.9 Å². The number of hydrogen-bond donors (Lipinski definition) is 1. The van der Waals surface area contributed by atoms with Gasteiger partial charge in [-0.3, -0.25) is 0 Å². The molecule has 104 valence electrons. The minimum atomic E-state index is -0.493. The van der Waals surface area contributed by atoms with Crippen LogP contribution in [-0.2, 0) is 11.8 Å². The van der Waals surface area contributed by atoms with Crippen LogP contribution in [0, 0.1) is 18.3 Å². The third kappa shape index (κ3) is 3.58. The number of aromatic nitrogens is 1. The van der Waals surface area contributed by atoms with E-state index in [0.717, 1.165) is 29.4 Å². The minimum Gasteiger partial charge on any atom is -0.385 e. The van der Waals surface area contributed by atoms with Gasteiger partial charge in [0.2, 0.25) is 0 Å². The number of thiazole rings is 1. The molecule has 0 fully saturated rings. The zero-order valence-corrected chi connectivity index (χ0v) is 12.9. The summed E-state index contributed by atoms with van der Waals surface area (Å²) in [5.41, 5.74) is 2.95. The van der Waals surface area contributed by atoms with E-state index in [1.807, 2.05) is 19.2 Å². The van der Waals surface area contributed by atoms with Crippen LogP contribution in [0.4, 0.5) is 5.69 Å². The Hall–Kier alpha value is -1.86. The zero-order chi connectivity index (χ0) is 14.6. The molecule has 0 bridgehead atoms. The van der Waals surface area contributed by atoms with E-state index in [0.29, 0.717) is 0 Å². The van der Waals surface area contributed by atoms with E-state index in [4.69, 9.17) is 5.26 Å². The van der Waals surface area contributed by atoms with E-state index in [1.165, 1.54) is 5.56 Å². The lowest BCUT2D eigenvalue weighted by atomic mass is 9.97. The Kier molecular flexibility index (Phi) is 4.41. The number of anilines is 1. The van der Waals surface area contributed by atoms with Crippen molar-refractivity contribution in [3.8, 4) is 6.07 Å². The predicted molar refractivity (Wildman–Crippen MR) is 84.1 cm³/mol. The zero-order valence-electron chi connectivity index (χ0n) is 12.1. The first-order valence-electron chi connectivity index (χ1n) is 6.68. The quantitative estimate of drug-likeness (QED) is 0.906. The fourth-order valence-electron chi connectivity index (χ4n) is 1.76.